The number of carbonyl (C=O) groups excluding carboxylic acids is 1. The Labute approximate surface area is 89.7 Å². The molecule has 82 valence electrons. The van der Waals surface area contributed by atoms with Crippen LogP contribution in [0.25, 0.3) is 0 Å². The summed E-state index contributed by atoms with van der Waals surface area (Å²) in [6, 6.07) is 0. The van der Waals surface area contributed by atoms with Crippen molar-refractivity contribution in [2.75, 3.05) is 0 Å². The standard InChI is InChI=1S/C11H16N2O2/c1-5-11(3,4)15-10(14)9-7-12-8(2)6-13-9/h6-7H,5H2,1-4H3. The third-order valence-corrected chi connectivity index (χ3v) is 2.21. The molecule has 0 aliphatic heterocycles. The number of rotatable bonds is 3. The van der Waals surface area contributed by atoms with Crippen molar-refractivity contribution in [3.05, 3.63) is 23.8 Å². The van der Waals surface area contributed by atoms with Crippen molar-refractivity contribution in [1.29, 1.82) is 0 Å². The molecule has 1 heterocycles. The third-order valence-electron chi connectivity index (χ3n) is 2.21. The topological polar surface area (TPSA) is 52.1 Å². The Morgan fingerprint density at radius 1 is 1.40 bits per heavy atom. The Morgan fingerprint density at radius 3 is 2.53 bits per heavy atom. The van der Waals surface area contributed by atoms with E-state index in [0.717, 1.165) is 12.1 Å². The number of carbonyl (C=O) groups is 1. The number of hydrogen-bond acceptors (Lipinski definition) is 4. The van der Waals surface area contributed by atoms with Gasteiger partial charge in [-0.3, -0.25) is 4.98 Å². The lowest BCUT2D eigenvalue weighted by Crippen LogP contribution is -2.27. The van der Waals surface area contributed by atoms with Crippen LogP contribution in [0, 0.1) is 6.92 Å². The van der Waals surface area contributed by atoms with Crippen molar-refractivity contribution in [2.24, 2.45) is 0 Å². The number of ether oxygens (including phenoxy) is 1. The van der Waals surface area contributed by atoms with Gasteiger partial charge in [-0.05, 0) is 27.2 Å². The zero-order valence-electron chi connectivity index (χ0n) is 9.57. The van der Waals surface area contributed by atoms with Crippen molar-refractivity contribution in [1.82, 2.24) is 9.97 Å². The van der Waals surface area contributed by atoms with E-state index in [4.69, 9.17) is 4.74 Å². The summed E-state index contributed by atoms with van der Waals surface area (Å²) in [6.45, 7) is 7.52. The first-order chi connectivity index (χ1) is 6.94. The molecular weight excluding hydrogens is 192 g/mol. The minimum absolute atomic E-state index is 0.252. The highest BCUT2D eigenvalue weighted by Crippen LogP contribution is 2.15. The molecule has 0 aliphatic rings. The molecule has 1 aromatic rings. The molecule has 0 saturated carbocycles. The molecule has 4 nitrogen and oxygen atoms in total. The summed E-state index contributed by atoms with van der Waals surface area (Å²) < 4.78 is 5.27. The number of aryl methyl sites for hydroxylation is 1. The Morgan fingerprint density at radius 2 is 2.07 bits per heavy atom. The van der Waals surface area contributed by atoms with Crippen LogP contribution in [-0.4, -0.2) is 21.5 Å². The highest BCUT2D eigenvalue weighted by Gasteiger charge is 2.22. The lowest BCUT2D eigenvalue weighted by Gasteiger charge is -2.22. The smallest absolute Gasteiger partial charge is 0.359 e. The molecule has 0 aromatic carbocycles. The highest BCUT2D eigenvalue weighted by molar-refractivity contribution is 5.87. The summed E-state index contributed by atoms with van der Waals surface area (Å²) in [5.74, 6) is -0.422. The maximum atomic E-state index is 11.6. The number of nitrogens with zero attached hydrogens (tertiary/aromatic N) is 2. The minimum Gasteiger partial charge on any atom is -0.455 e. The van der Waals surface area contributed by atoms with E-state index < -0.39 is 11.6 Å². The molecule has 1 rings (SSSR count). The van der Waals surface area contributed by atoms with Crippen LogP contribution in [0.4, 0.5) is 0 Å². The average Bonchev–Trinajstić information content (AvgIpc) is 2.18. The van der Waals surface area contributed by atoms with Gasteiger partial charge in [0.1, 0.15) is 5.60 Å². The number of aromatic nitrogens is 2. The maximum absolute atomic E-state index is 11.6. The summed E-state index contributed by atoms with van der Waals surface area (Å²) >= 11 is 0. The Hall–Kier alpha value is -1.45. The third kappa shape index (κ3) is 3.31. The van der Waals surface area contributed by atoms with Crippen molar-refractivity contribution >= 4 is 5.97 Å². The molecule has 1 aromatic heterocycles. The van der Waals surface area contributed by atoms with Gasteiger partial charge in [-0.2, -0.15) is 0 Å². The van der Waals surface area contributed by atoms with E-state index in [1.54, 1.807) is 6.20 Å². The van der Waals surface area contributed by atoms with Crippen LogP contribution >= 0.6 is 0 Å². The monoisotopic (exact) mass is 208 g/mol. The summed E-state index contributed by atoms with van der Waals surface area (Å²) in [5.41, 5.74) is 0.576. The predicted molar refractivity (Wildman–Crippen MR) is 56.6 cm³/mol. The average molecular weight is 208 g/mol. The second-order valence-electron chi connectivity index (χ2n) is 4.05. The van der Waals surface area contributed by atoms with Gasteiger partial charge in [0, 0.05) is 6.20 Å². The van der Waals surface area contributed by atoms with E-state index in [0.29, 0.717) is 0 Å². The van der Waals surface area contributed by atoms with Crippen LogP contribution in [0.15, 0.2) is 12.4 Å². The molecule has 0 radical (unpaired) electrons. The van der Waals surface area contributed by atoms with Crippen molar-refractivity contribution < 1.29 is 9.53 Å². The van der Waals surface area contributed by atoms with Crippen LogP contribution in [0.2, 0.25) is 0 Å². The van der Waals surface area contributed by atoms with E-state index in [1.165, 1.54) is 6.20 Å². The summed E-state index contributed by atoms with van der Waals surface area (Å²) in [5, 5.41) is 0. The summed E-state index contributed by atoms with van der Waals surface area (Å²) in [7, 11) is 0. The lowest BCUT2D eigenvalue weighted by atomic mass is 10.1. The summed E-state index contributed by atoms with van der Waals surface area (Å²) in [4.78, 5) is 19.6. The van der Waals surface area contributed by atoms with Crippen molar-refractivity contribution in [2.45, 2.75) is 39.7 Å². The van der Waals surface area contributed by atoms with Gasteiger partial charge in [-0.15, -0.1) is 0 Å². The van der Waals surface area contributed by atoms with Crippen LogP contribution in [0.5, 0.6) is 0 Å². The van der Waals surface area contributed by atoms with Gasteiger partial charge >= 0.3 is 5.97 Å². The zero-order chi connectivity index (χ0) is 11.5. The molecule has 15 heavy (non-hydrogen) atoms. The van der Waals surface area contributed by atoms with E-state index in [9.17, 15) is 4.79 Å². The Balaban J connectivity index is 2.74. The maximum Gasteiger partial charge on any atom is 0.359 e. The molecule has 0 amide bonds. The quantitative estimate of drug-likeness (QED) is 0.714. The molecule has 0 fully saturated rings. The fourth-order valence-corrected chi connectivity index (χ4v) is 0.873. The first kappa shape index (κ1) is 11.6. The molecule has 0 aliphatic carbocycles. The van der Waals surface area contributed by atoms with Crippen molar-refractivity contribution in [3.8, 4) is 0 Å². The first-order valence-electron chi connectivity index (χ1n) is 4.96. The van der Waals surface area contributed by atoms with Crippen LogP contribution < -0.4 is 0 Å². The van der Waals surface area contributed by atoms with Gasteiger partial charge in [0.2, 0.25) is 0 Å². The van der Waals surface area contributed by atoms with E-state index in [1.807, 2.05) is 27.7 Å². The van der Waals surface area contributed by atoms with Gasteiger partial charge in [0.05, 0.1) is 11.9 Å². The van der Waals surface area contributed by atoms with Gasteiger partial charge in [-0.1, -0.05) is 6.92 Å². The van der Waals surface area contributed by atoms with Crippen LogP contribution in [0.1, 0.15) is 43.4 Å². The number of hydrogen-bond donors (Lipinski definition) is 0. The van der Waals surface area contributed by atoms with Gasteiger partial charge < -0.3 is 4.74 Å². The first-order valence-corrected chi connectivity index (χ1v) is 4.96. The normalized spacial score (nSPS) is 11.2. The van der Waals surface area contributed by atoms with Gasteiger partial charge in [-0.25, -0.2) is 9.78 Å². The number of esters is 1. The molecule has 0 N–H and O–H groups in total. The minimum atomic E-state index is -0.455. The Kier molecular flexibility index (Phi) is 3.39. The molecule has 0 spiro atoms. The zero-order valence-corrected chi connectivity index (χ0v) is 9.57. The summed E-state index contributed by atoms with van der Waals surface area (Å²) in [6.07, 6.45) is 3.75. The molecule has 0 atom stereocenters. The fourth-order valence-electron chi connectivity index (χ4n) is 0.873. The van der Waals surface area contributed by atoms with Crippen LogP contribution in [0.3, 0.4) is 0 Å². The predicted octanol–water partition coefficient (Wildman–Crippen LogP) is 2.13. The van der Waals surface area contributed by atoms with Crippen molar-refractivity contribution in [3.63, 3.8) is 0 Å². The second kappa shape index (κ2) is 4.38. The van der Waals surface area contributed by atoms with Gasteiger partial charge in [0.15, 0.2) is 5.69 Å². The highest BCUT2D eigenvalue weighted by atomic mass is 16.6. The van der Waals surface area contributed by atoms with E-state index in [2.05, 4.69) is 9.97 Å². The lowest BCUT2D eigenvalue weighted by molar-refractivity contribution is -0.00312. The second-order valence-corrected chi connectivity index (χ2v) is 4.05. The fraction of sp³-hybridized carbons (Fsp3) is 0.545. The molecular formula is C11H16N2O2. The SMILES string of the molecule is CCC(C)(C)OC(=O)c1cnc(C)cn1. The molecule has 0 bridgehead atoms. The molecule has 4 heteroatoms. The molecule has 0 unspecified atom stereocenters. The Bertz CT molecular complexity index is 344. The van der Waals surface area contributed by atoms with E-state index >= 15 is 0 Å². The van der Waals surface area contributed by atoms with E-state index in [-0.39, 0.29) is 5.69 Å². The molecule has 0 saturated heterocycles. The van der Waals surface area contributed by atoms with Gasteiger partial charge in [0.25, 0.3) is 0 Å². The van der Waals surface area contributed by atoms with Crippen LogP contribution in [-0.2, 0) is 4.74 Å². The largest absolute Gasteiger partial charge is 0.455 e.